The van der Waals surface area contributed by atoms with Gasteiger partial charge in [0, 0.05) is 12.7 Å². The molecular weight excluding hydrogens is 342 g/mol. The van der Waals surface area contributed by atoms with Crippen LogP contribution in [0.25, 0.3) is 0 Å². The standard InChI is InChI=1S/C21H21N3O3/c1-26-17-9-7-15(8-10-17)14-27-18-5-2-4-16(12-18)13-24-21(25)19-6-3-11-23-20(19)22/h2-12H,13-14H2,1H3,(H2,22,23)(H,24,25). The highest BCUT2D eigenvalue weighted by Crippen LogP contribution is 2.17. The summed E-state index contributed by atoms with van der Waals surface area (Å²) in [5.74, 6) is 1.50. The first-order valence-corrected chi connectivity index (χ1v) is 8.49. The van der Waals surface area contributed by atoms with Crippen molar-refractivity contribution in [3.63, 3.8) is 0 Å². The van der Waals surface area contributed by atoms with Crippen molar-refractivity contribution in [3.05, 3.63) is 83.6 Å². The molecule has 0 aliphatic heterocycles. The Bertz CT molecular complexity index is 911. The van der Waals surface area contributed by atoms with Gasteiger partial charge in [-0.2, -0.15) is 0 Å². The molecule has 1 amide bonds. The number of methoxy groups -OCH3 is 1. The van der Waals surface area contributed by atoms with Crippen molar-refractivity contribution in [2.45, 2.75) is 13.2 Å². The number of pyridine rings is 1. The van der Waals surface area contributed by atoms with Crippen LogP contribution in [-0.2, 0) is 13.2 Å². The lowest BCUT2D eigenvalue weighted by Crippen LogP contribution is -2.24. The normalized spacial score (nSPS) is 10.3. The first kappa shape index (κ1) is 18.3. The average Bonchev–Trinajstić information content (AvgIpc) is 2.71. The number of rotatable bonds is 7. The molecule has 0 fully saturated rings. The van der Waals surface area contributed by atoms with Crippen LogP contribution in [0.5, 0.6) is 11.5 Å². The van der Waals surface area contributed by atoms with Crippen molar-refractivity contribution in [3.8, 4) is 11.5 Å². The predicted octanol–water partition coefficient (Wildman–Crippen LogP) is 3.18. The summed E-state index contributed by atoms with van der Waals surface area (Å²) in [5.41, 5.74) is 8.06. The summed E-state index contributed by atoms with van der Waals surface area (Å²) >= 11 is 0. The number of nitrogens with zero attached hydrogens (tertiary/aromatic N) is 1. The number of aromatic nitrogens is 1. The van der Waals surface area contributed by atoms with Gasteiger partial charge in [-0.25, -0.2) is 4.98 Å². The molecule has 0 unspecified atom stereocenters. The minimum absolute atomic E-state index is 0.214. The maximum absolute atomic E-state index is 12.2. The number of carbonyl (C=O) groups is 1. The Kier molecular flexibility index (Phi) is 5.89. The predicted molar refractivity (Wildman–Crippen MR) is 104 cm³/mol. The smallest absolute Gasteiger partial charge is 0.255 e. The summed E-state index contributed by atoms with van der Waals surface area (Å²) in [4.78, 5) is 16.1. The third-order valence-electron chi connectivity index (χ3n) is 4.00. The molecule has 0 radical (unpaired) electrons. The van der Waals surface area contributed by atoms with E-state index in [4.69, 9.17) is 15.2 Å². The Labute approximate surface area is 158 Å². The Morgan fingerprint density at radius 1 is 1.04 bits per heavy atom. The summed E-state index contributed by atoms with van der Waals surface area (Å²) < 4.78 is 11.0. The minimum Gasteiger partial charge on any atom is -0.497 e. The van der Waals surface area contributed by atoms with Gasteiger partial charge in [-0.3, -0.25) is 4.79 Å². The molecule has 0 bridgehead atoms. The van der Waals surface area contributed by atoms with Crippen molar-refractivity contribution in [1.82, 2.24) is 10.3 Å². The van der Waals surface area contributed by atoms with E-state index in [0.717, 1.165) is 22.6 Å². The molecule has 6 heteroatoms. The van der Waals surface area contributed by atoms with E-state index < -0.39 is 0 Å². The van der Waals surface area contributed by atoms with E-state index in [9.17, 15) is 4.79 Å². The molecule has 138 valence electrons. The van der Waals surface area contributed by atoms with Crippen LogP contribution in [-0.4, -0.2) is 18.0 Å². The number of benzene rings is 2. The zero-order valence-corrected chi connectivity index (χ0v) is 15.0. The fraction of sp³-hybridized carbons (Fsp3) is 0.143. The number of nitrogens with one attached hydrogen (secondary N) is 1. The van der Waals surface area contributed by atoms with Crippen LogP contribution in [0.4, 0.5) is 5.82 Å². The second-order valence-corrected chi connectivity index (χ2v) is 5.90. The number of hydrogen-bond acceptors (Lipinski definition) is 5. The van der Waals surface area contributed by atoms with Gasteiger partial charge in [0.2, 0.25) is 0 Å². The molecule has 2 aromatic carbocycles. The number of hydrogen-bond donors (Lipinski definition) is 2. The minimum atomic E-state index is -0.259. The Morgan fingerprint density at radius 3 is 2.59 bits per heavy atom. The molecule has 0 saturated carbocycles. The summed E-state index contributed by atoms with van der Waals surface area (Å²) in [6, 6.07) is 18.6. The zero-order chi connectivity index (χ0) is 19.1. The van der Waals surface area contributed by atoms with E-state index in [1.54, 1.807) is 25.4 Å². The summed E-state index contributed by atoms with van der Waals surface area (Å²) in [5, 5.41) is 2.84. The van der Waals surface area contributed by atoms with E-state index in [2.05, 4.69) is 10.3 Å². The van der Waals surface area contributed by atoms with Gasteiger partial charge in [0.05, 0.1) is 12.7 Å². The number of carbonyl (C=O) groups excluding carboxylic acids is 1. The second kappa shape index (κ2) is 8.71. The molecule has 27 heavy (non-hydrogen) atoms. The lowest BCUT2D eigenvalue weighted by molar-refractivity contribution is 0.0951. The molecule has 6 nitrogen and oxygen atoms in total. The topological polar surface area (TPSA) is 86.5 Å². The highest BCUT2D eigenvalue weighted by molar-refractivity contribution is 5.98. The SMILES string of the molecule is COc1ccc(COc2cccc(CNC(=O)c3cccnc3N)c2)cc1. The van der Waals surface area contributed by atoms with Crippen molar-refractivity contribution in [2.75, 3.05) is 12.8 Å². The monoisotopic (exact) mass is 363 g/mol. The summed E-state index contributed by atoms with van der Waals surface area (Å²) in [6.45, 7) is 0.818. The zero-order valence-electron chi connectivity index (χ0n) is 15.0. The summed E-state index contributed by atoms with van der Waals surface area (Å²) in [6.07, 6.45) is 1.55. The highest BCUT2D eigenvalue weighted by Gasteiger charge is 2.09. The van der Waals surface area contributed by atoms with Gasteiger partial charge in [-0.05, 0) is 47.5 Å². The molecule has 0 spiro atoms. The van der Waals surface area contributed by atoms with Crippen molar-refractivity contribution >= 4 is 11.7 Å². The van der Waals surface area contributed by atoms with E-state index >= 15 is 0 Å². The lowest BCUT2D eigenvalue weighted by atomic mass is 10.2. The fourth-order valence-electron chi connectivity index (χ4n) is 2.52. The van der Waals surface area contributed by atoms with Crippen molar-refractivity contribution in [1.29, 1.82) is 0 Å². The first-order chi connectivity index (χ1) is 13.2. The Hall–Kier alpha value is -3.54. The van der Waals surface area contributed by atoms with Gasteiger partial charge in [-0.1, -0.05) is 24.3 Å². The molecular formula is C21H21N3O3. The maximum Gasteiger partial charge on any atom is 0.255 e. The molecule has 3 N–H and O–H groups in total. The van der Waals surface area contributed by atoms with E-state index in [-0.39, 0.29) is 11.7 Å². The fourth-order valence-corrected chi connectivity index (χ4v) is 2.52. The van der Waals surface area contributed by atoms with Gasteiger partial charge in [0.15, 0.2) is 0 Å². The first-order valence-electron chi connectivity index (χ1n) is 8.49. The van der Waals surface area contributed by atoms with Crippen LogP contribution in [0, 0.1) is 0 Å². The molecule has 0 aliphatic carbocycles. The number of nitrogen functional groups attached to an aromatic ring is 1. The molecule has 3 aromatic rings. The quantitative estimate of drug-likeness (QED) is 0.673. The van der Waals surface area contributed by atoms with Crippen LogP contribution in [0.15, 0.2) is 66.9 Å². The largest absolute Gasteiger partial charge is 0.497 e. The summed E-state index contributed by atoms with van der Waals surface area (Å²) in [7, 11) is 1.64. The number of ether oxygens (including phenoxy) is 2. The number of nitrogens with two attached hydrogens (primary N) is 1. The highest BCUT2D eigenvalue weighted by atomic mass is 16.5. The van der Waals surface area contributed by atoms with Gasteiger partial charge >= 0.3 is 0 Å². The maximum atomic E-state index is 12.2. The number of anilines is 1. The van der Waals surface area contributed by atoms with Crippen LogP contribution in [0.1, 0.15) is 21.5 Å². The lowest BCUT2D eigenvalue weighted by Gasteiger charge is -2.10. The Morgan fingerprint density at radius 2 is 1.85 bits per heavy atom. The average molecular weight is 363 g/mol. The van der Waals surface area contributed by atoms with E-state index in [0.29, 0.717) is 18.7 Å². The molecule has 0 saturated heterocycles. The molecule has 0 atom stereocenters. The van der Waals surface area contributed by atoms with E-state index in [1.807, 2.05) is 48.5 Å². The van der Waals surface area contributed by atoms with Crippen LogP contribution in [0.2, 0.25) is 0 Å². The van der Waals surface area contributed by atoms with Crippen molar-refractivity contribution < 1.29 is 14.3 Å². The molecule has 1 aromatic heterocycles. The van der Waals surface area contributed by atoms with Gasteiger partial charge < -0.3 is 20.5 Å². The third-order valence-corrected chi connectivity index (χ3v) is 4.00. The Balaban J connectivity index is 1.56. The van der Waals surface area contributed by atoms with E-state index in [1.165, 1.54) is 0 Å². The molecule has 3 rings (SSSR count). The number of amides is 1. The van der Waals surface area contributed by atoms with Crippen LogP contribution < -0.4 is 20.5 Å². The van der Waals surface area contributed by atoms with Crippen molar-refractivity contribution in [2.24, 2.45) is 0 Å². The van der Waals surface area contributed by atoms with Gasteiger partial charge in [-0.15, -0.1) is 0 Å². The van der Waals surface area contributed by atoms with Crippen LogP contribution >= 0.6 is 0 Å². The van der Waals surface area contributed by atoms with Crippen LogP contribution in [0.3, 0.4) is 0 Å². The second-order valence-electron chi connectivity index (χ2n) is 5.90. The van der Waals surface area contributed by atoms with Gasteiger partial charge in [0.25, 0.3) is 5.91 Å². The molecule has 0 aliphatic rings. The van der Waals surface area contributed by atoms with Gasteiger partial charge in [0.1, 0.15) is 23.9 Å². The molecule has 1 heterocycles. The third kappa shape index (κ3) is 4.98.